The second kappa shape index (κ2) is 3.20. The number of aromatic amines is 1. The van der Waals surface area contributed by atoms with Crippen molar-refractivity contribution in [3.8, 4) is 0 Å². The zero-order valence-corrected chi connectivity index (χ0v) is 7.45. The Morgan fingerprint density at radius 3 is 2.73 bits per heavy atom. The van der Waals surface area contributed by atoms with Crippen molar-refractivity contribution in [2.24, 2.45) is 0 Å². The molecule has 0 fully saturated rings. The number of aromatic nitrogens is 1. The zero-order chi connectivity index (χ0) is 11.0. The number of carbonyl (C=O) groups is 2. The number of benzene rings is 1. The molecule has 15 heavy (non-hydrogen) atoms. The Bertz CT molecular complexity index is 559. The van der Waals surface area contributed by atoms with Crippen LogP contribution in [0, 0.1) is 5.82 Å². The Morgan fingerprint density at radius 1 is 1.33 bits per heavy atom. The van der Waals surface area contributed by atoms with E-state index in [4.69, 9.17) is 5.11 Å². The number of ketones is 1. The third-order valence-electron chi connectivity index (χ3n) is 2.08. The molecular weight excluding hydrogens is 201 g/mol. The lowest BCUT2D eigenvalue weighted by Crippen LogP contribution is -2.14. The number of carboxylic acid groups (broad SMARTS) is 1. The van der Waals surface area contributed by atoms with Gasteiger partial charge in [-0.05, 0) is 18.2 Å². The first kappa shape index (κ1) is 9.39. The summed E-state index contributed by atoms with van der Waals surface area (Å²) in [5.41, 5.74) is 0.0958. The van der Waals surface area contributed by atoms with Gasteiger partial charge in [-0.1, -0.05) is 0 Å². The summed E-state index contributed by atoms with van der Waals surface area (Å²) in [6.07, 6.45) is 1.58. The molecule has 2 N–H and O–H groups in total. The summed E-state index contributed by atoms with van der Waals surface area (Å²) >= 11 is 0. The lowest BCUT2D eigenvalue weighted by molar-refractivity contribution is -0.131. The maximum atomic E-state index is 13.3. The molecule has 1 aromatic heterocycles. The van der Waals surface area contributed by atoms with Gasteiger partial charge in [0.25, 0.3) is 5.78 Å². The molecule has 76 valence electrons. The Hall–Kier alpha value is -2.17. The maximum Gasteiger partial charge on any atom is 0.377 e. The number of carbonyl (C=O) groups excluding carboxylic acids is 1. The molecule has 0 saturated heterocycles. The lowest BCUT2D eigenvalue weighted by atomic mass is 10.1. The Kier molecular flexibility index (Phi) is 2.00. The van der Waals surface area contributed by atoms with Gasteiger partial charge in [-0.25, -0.2) is 9.18 Å². The molecule has 0 atom stereocenters. The Labute approximate surface area is 83.3 Å². The lowest BCUT2D eigenvalue weighted by Gasteiger charge is -1.99. The SMILES string of the molecule is O=C(O)C(=O)c1cc2[nH]ccc2cc1F. The Morgan fingerprint density at radius 2 is 2.07 bits per heavy atom. The fourth-order valence-electron chi connectivity index (χ4n) is 1.36. The number of hydrogen-bond acceptors (Lipinski definition) is 2. The van der Waals surface area contributed by atoms with E-state index >= 15 is 0 Å². The quantitative estimate of drug-likeness (QED) is 0.580. The summed E-state index contributed by atoms with van der Waals surface area (Å²) < 4.78 is 13.3. The molecule has 0 amide bonds. The number of hydrogen-bond donors (Lipinski definition) is 2. The van der Waals surface area contributed by atoms with E-state index < -0.39 is 23.1 Å². The van der Waals surface area contributed by atoms with Gasteiger partial charge in [-0.15, -0.1) is 0 Å². The van der Waals surface area contributed by atoms with Crippen LogP contribution in [0.15, 0.2) is 24.4 Å². The van der Waals surface area contributed by atoms with Crippen molar-refractivity contribution in [2.45, 2.75) is 0 Å². The van der Waals surface area contributed by atoms with Gasteiger partial charge in [0.1, 0.15) is 5.82 Å². The molecule has 0 aliphatic rings. The summed E-state index contributed by atoms with van der Waals surface area (Å²) in [6, 6.07) is 3.95. The standard InChI is InChI=1S/C10H6FNO3/c11-7-3-5-1-2-12-8(5)4-6(7)9(13)10(14)15/h1-4,12H,(H,14,15). The maximum absolute atomic E-state index is 13.3. The summed E-state index contributed by atoms with van der Waals surface area (Å²) in [7, 11) is 0. The minimum Gasteiger partial charge on any atom is -0.475 e. The number of fused-ring (bicyclic) bond motifs is 1. The van der Waals surface area contributed by atoms with E-state index in [1.807, 2.05) is 0 Å². The van der Waals surface area contributed by atoms with Gasteiger partial charge in [0.05, 0.1) is 5.56 Å². The molecule has 0 spiro atoms. The highest BCUT2D eigenvalue weighted by atomic mass is 19.1. The second-order valence-corrected chi connectivity index (χ2v) is 3.03. The number of Topliss-reactive ketones (excluding diaryl/α,β-unsaturated/α-hetero) is 1. The van der Waals surface area contributed by atoms with E-state index in [9.17, 15) is 14.0 Å². The minimum atomic E-state index is -1.67. The smallest absolute Gasteiger partial charge is 0.377 e. The zero-order valence-electron chi connectivity index (χ0n) is 7.45. The predicted molar refractivity (Wildman–Crippen MR) is 50.2 cm³/mol. The van der Waals surface area contributed by atoms with Crippen LogP contribution in [0.1, 0.15) is 10.4 Å². The van der Waals surface area contributed by atoms with Crippen molar-refractivity contribution in [1.29, 1.82) is 0 Å². The van der Waals surface area contributed by atoms with E-state index in [0.717, 1.165) is 6.07 Å². The number of aliphatic carboxylic acids is 1. The molecular formula is C10H6FNO3. The van der Waals surface area contributed by atoms with Crippen molar-refractivity contribution < 1.29 is 19.1 Å². The van der Waals surface area contributed by atoms with E-state index in [0.29, 0.717) is 10.9 Å². The normalized spacial score (nSPS) is 10.5. The molecule has 0 aliphatic carbocycles. The van der Waals surface area contributed by atoms with Crippen LogP contribution in [-0.2, 0) is 4.79 Å². The minimum absolute atomic E-state index is 0.433. The Balaban J connectivity index is 2.65. The van der Waals surface area contributed by atoms with Crippen LogP contribution < -0.4 is 0 Å². The van der Waals surface area contributed by atoms with Crippen LogP contribution in [0.2, 0.25) is 0 Å². The molecule has 2 aromatic rings. The van der Waals surface area contributed by atoms with E-state index in [2.05, 4.69) is 4.98 Å². The van der Waals surface area contributed by atoms with Gasteiger partial charge < -0.3 is 10.1 Å². The van der Waals surface area contributed by atoms with E-state index in [-0.39, 0.29) is 0 Å². The third-order valence-corrected chi connectivity index (χ3v) is 2.08. The van der Waals surface area contributed by atoms with Gasteiger partial charge >= 0.3 is 5.97 Å². The number of rotatable bonds is 2. The van der Waals surface area contributed by atoms with Crippen LogP contribution in [0.4, 0.5) is 4.39 Å². The highest BCUT2D eigenvalue weighted by Gasteiger charge is 2.19. The average Bonchev–Trinajstić information content (AvgIpc) is 2.62. The number of nitrogens with one attached hydrogen (secondary N) is 1. The fraction of sp³-hybridized carbons (Fsp3) is 0. The first-order valence-corrected chi connectivity index (χ1v) is 4.14. The summed E-state index contributed by atoms with van der Waals surface area (Å²) in [4.78, 5) is 24.2. The molecule has 0 saturated carbocycles. The van der Waals surface area contributed by atoms with Crippen molar-refractivity contribution in [3.63, 3.8) is 0 Å². The average molecular weight is 207 g/mol. The summed E-state index contributed by atoms with van der Waals surface area (Å²) in [6.45, 7) is 0. The predicted octanol–water partition coefficient (Wildman–Crippen LogP) is 1.57. The monoisotopic (exact) mass is 207 g/mol. The largest absolute Gasteiger partial charge is 0.475 e. The van der Waals surface area contributed by atoms with Crippen LogP contribution in [-0.4, -0.2) is 21.8 Å². The molecule has 0 unspecified atom stereocenters. The number of H-pyrrole nitrogens is 1. The van der Waals surface area contributed by atoms with Crippen molar-refractivity contribution in [2.75, 3.05) is 0 Å². The molecule has 5 heteroatoms. The van der Waals surface area contributed by atoms with Gasteiger partial charge in [0, 0.05) is 17.1 Å². The van der Waals surface area contributed by atoms with E-state index in [1.54, 1.807) is 12.3 Å². The van der Waals surface area contributed by atoms with E-state index in [1.165, 1.54) is 6.07 Å². The van der Waals surface area contributed by atoms with Crippen molar-refractivity contribution in [3.05, 3.63) is 35.8 Å². The van der Waals surface area contributed by atoms with Crippen molar-refractivity contribution in [1.82, 2.24) is 4.98 Å². The van der Waals surface area contributed by atoms with Crippen LogP contribution in [0.5, 0.6) is 0 Å². The van der Waals surface area contributed by atoms with Gasteiger partial charge in [-0.2, -0.15) is 0 Å². The van der Waals surface area contributed by atoms with Crippen LogP contribution in [0.3, 0.4) is 0 Å². The number of carboxylic acids is 1. The molecule has 1 aromatic carbocycles. The van der Waals surface area contributed by atoms with Crippen LogP contribution >= 0.6 is 0 Å². The summed E-state index contributed by atoms with van der Waals surface area (Å²) in [5.74, 6) is -3.74. The highest BCUT2D eigenvalue weighted by Crippen LogP contribution is 2.18. The summed E-state index contributed by atoms with van der Waals surface area (Å²) in [5, 5.41) is 9.05. The second-order valence-electron chi connectivity index (χ2n) is 3.03. The molecule has 0 bridgehead atoms. The van der Waals surface area contributed by atoms with Gasteiger partial charge in [-0.3, -0.25) is 4.79 Å². The fourth-order valence-corrected chi connectivity index (χ4v) is 1.36. The number of halogens is 1. The van der Waals surface area contributed by atoms with Gasteiger partial charge in [0.2, 0.25) is 0 Å². The van der Waals surface area contributed by atoms with Crippen LogP contribution in [0.25, 0.3) is 10.9 Å². The molecule has 1 heterocycles. The third kappa shape index (κ3) is 1.48. The first-order valence-electron chi connectivity index (χ1n) is 4.14. The highest BCUT2D eigenvalue weighted by molar-refractivity contribution is 6.40. The molecule has 0 radical (unpaired) electrons. The van der Waals surface area contributed by atoms with Crippen molar-refractivity contribution >= 4 is 22.7 Å². The molecule has 0 aliphatic heterocycles. The molecule has 4 nitrogen and oxygen atoms in total. The first-order chi connectivity index (χ1) is 7.09. The molecule has 2 rings (SSSR count). The topological polar surface area (TPSA) is 70.2 Å². The van der Waals surface area contributed by atoms with Gasteiger partial charge in [0.15, 0.2) is 0 Å².